The first-order valence-electron chi connectivity index (χ1n) is 15.5. The number of carbonyl (C=O) groups is 2. The molecule has 1 saturated heterocycles. The van der Waals surface area contributed by atoms with E-state index in [9.17, 15) is 14.7 Å². The van der Waals surface area contributed by atoms with Crippen molar-refractivity contribution in [3.05, 3.63) is 128 Å². The van der Waals surface area contributed by atoms with Gasteiger partial charge in [0.2, 0.25) is 5.13 Å². The Labute approximate surface area is 307 Å². The van der Waals surface area contributed by atoms with Gasteiger partial charge < -0.3 is 19.3 Å². The quantitative estimate of drug-likeness (QED) is 0.0439. The summed E-state index contributed by atoms with van der Waals surface area (Å²) < 4.78 is 17.8. The lowest BCUT2D eigenvalue weighted by Crippen LogP contribution is -2.29. The molecule has 1 N–H and O–H groups in total. The Bertz CT molecular complexity index is 2090. The average Bonchev–Trinajstić information content (AvgIpc) is 3.69. The van der Waals surface area contributed by atoms with E-state index in [0.29, 0.717) is 61.7 Å². The second-order valence-corrected chi connectivity index (χ2v) is 14.1. The zero-order valence-electron chi connectivity index (χ0n) is 27.2. The van der Waals surface area contributed by atoms with E-state index in [1.54, 1.807) is 54.6 Å². The van der Waals surface area contributed by atoms with Gasteiger partial charge in [0.25, 0.3) is 5.78 Å². The van der Waals surface area contributed by atoms with Crippen LogP contribution >= 0.6 is 46.3 Å². The Balaban J connectivity index is 1.34. The highest BCUT2D eigenvalue weighted by molar-refractivity contribution is 8.00. The number of methoxy groups -OCH3 is 1. The number of thioether (sulfide) groups is 1. The van der Waals surface area contributed by atoms with Crippen LogP contribution in [0.4, 0.5) is 5.13 Å². The zero-order chi connectivity index (χ0) is 35.4. The summed E-state index contributed by atoms with van der Waals surface area (Å²) in [5.41, 5.74) is 3.75. The maximum absolute atomic E-state index is 13.8. The summed E-state index contributed by atoms with van der Waals surface area (Å²) in [5.74, 6) is -0.102. The van der Waals surface area contributed by atoms with Gasteiger partial charge >= 0.3 is 5.91 Å². The molecular formula is C37H31Cl2N3O6S2. The van der Waals surface area contributed by atoms with E-state index in [2.05, 4.69) is 10.2 Å². The number of carbonyl (C=O) groups excluding carboxylic acids is 2. The van der Waals surface area contributed by atoms with Gasteiger partial charge in [-0.25, -0.2) is 0 Å². The molecule has 0 bridgehead atoms. The van der Waals surface area contributed by atoms with Gasteiger partial charge in [-0.15, -0.1) is 10.2 Å². The van der Waals surface area contributed by atoms with Crippen LogP contribution in [0.3, 0.4) is 0 Å². The molecule has 5 aromatic rings. The van der Waals surface area contributed by atoms with Crippen molar-refractivity contribution >= 4 is 68.9 Å². The molecule has 13 heteroatoms. The molecule has 1 atom stereocenters. The van der Waals surface area contributed by atoms with E-state index in [4.69, 9.17) is 37.4 Å². The number of hydrogen-bond donors (Lipinski definition) is 1. The number of nitrogens with zero attached hydrogens (tertiary/aromatic N) is 3. The summed E-state index contributed by atoms with van der Waals surface area (Å²) in [6.45, 7) is 4.65. The van der Waals surface area contributed by atoms with Gasteiger partial charge in [0.1, 0.15) is 18.1 Å². The van der Waals surface area contributed by atoms with Crippen LogP contribution in [0.15, 0.2) is 94.8 Å². The first kappa shape index (κ1) is 35.3. The number of benzene rings is 4. The molecule has 0 saturated carbocycles. The number of aromatic nitrogens is 2. The highest BCUT2D eigenvalue weighted by atomic mass is 35.5. The fourth-order valence-electron chi connectivity index (χ4n) is 5.41. The number of ether oxygens (including phenoxy) is 3. The van der Waals surface area contributed by atoms with E-state index in [0.717, 1.165) is 28.0 Å². The molecular weight excluding hydrogens is 717 g/mol. The fourth-order valence-corrected chi connectivity index (χ4v) is 7.83. The van der Waals surface area contributed by atoms with Crippen molar-refractivity contribution in [2.45, 2.75) is 36.6 Å². The summed E-state index contributed by atoms with van der Waals surface area (Å²) in [4.78, 5) is 28.8. The van der Waals surface area contributed by atoms with Crippen LogP contribution in [0, 0.1) is 6.92 Å². The third kappa shape index (κ3) is 7.46. The van der Waals surface area contributed by atoms with Gasteiger partial charge in [-0.05, 0) is 84.6 Å². The van der Waals surface area contributed by atoms with Gasteiger partial charge in [0, 0.05) is 21.4 Å². The van der Waals surface area contributed by atoms with Crippen LogP contribution in [0.5, 0.6) is 17.2 Å². The topological polar surface area (TPSA) is 111 Å². The number of Topliss-reactive ketones (excluding diaryl/α,β-unsaturated/α-hetero) is 1. The van der Waals surface area contributed by atoms with Crippen molar-refractivity contribution in [2.75, 3.05) is 18.6 Å². The number of anilines is 1. The fraction of sp³-hybridized carbons (Fsp3) is 0.189. The van der Waals surface area contributed by atoms with E-state index in [-0.39, 0.29) is 16.5 Å². The zero-order valence-corrected chi connectivity index (χ0v) is 30.3. The van der Waals surface area contributed by atoms with Crippen LogP contribution in [-0.2, 0) is 21.9 Å². The first-order chi connectivity index (χ1) is 24.2. The summed E-state index contributed by atoms with van der Waals surface area (Å²) in [6, 6.07) is 24.0. The number of amides is 1. The van der Waals surface area contributed by atoms with Gasteiger partial charge in [-0.1, -0.05) is 82.7 Å². The third-order valence-corrected chi connectivity index (χ3v) is 10.7. The van der Waals surface area contributed by atoms with E-state index >= 15 is 0 Å². The van der Waals surface area contributed by atoms with Crippen LogP contribution < -0.4 is 19.1 Å². The highest BCUT2D eigenvalue weighted by Crippen LogP contribution is 2.46. The number of aliphatic hydroxyl groups is 1. The molecule has 2 heterocycles. The Morgan fingerprint density at radius 2 is 1.72 bits per heavy atom. The molecule has 1 unspecified atom stereocenters. The lowest BCUT2D eigenvalue weighted by molar-refractivity contribution is -0.132. The molecule has 4 aromatic carbocycles. The van der Waals surface area contributed by atoms with Crippen LogP contribution in [0.25, 0.3) is 5.76 Å². The lowest BCUT2D eigenvalue weighted by Gasteiger charge is -2.23. The third-order valence-electron chi connectivity index (χ3n) is 8.00. The Hall–Kier alpha value is -4.55. The normalized spacial score (nSPS) is 15.4. The largest absolute Gasteiger partial charge is 0.507 e. The minimum Gasteiger partial charge on any atom is -0.507 e. The van der Waals surface area contributed by atoms with Gasteiger partial charge in [0.05, 0.1) is 25.3 Å². The molecule has 1 fully saturated rings. The van der Waals surface area contributed by atoms with E-state index in [1.807, 2.05) is 44.2 Å². The summed E-state index contributed by atoms with van der Waals surface area (Å²) in [5, 5.41) is 21.5. The van der Waals surface area contributed by atoms with Crippen molar-refractivity contribution in [3.8, 4) is 17.2 Å². The number of hydrogen-bond acceptors (Lipinski definition) is 10. The Kier molecular flexibility index (Phi) is 11.0. The smallest absolute Gasteiger partial charge is 0.301 e. The van der Waals surface area contributed by atoms with Crippen molar-refractivity contribution in [3.63, 3.8) is 0 Å². The number of aliphatic hydroxyl groups excluding tert-OH is 1. The number of ketones is 1. The maximum Gasteiger partial charge on any atom is 0.301 e. The van der Waals surface area contributed by atoms with Crippen LogP contribution in [0.2, 0.25) is 10.0 Å². The number of rotatable bonds is 12. The predicted molar refractivity (Wildman–Crippen MR) is 197 cm³/mol. The second-order valence-electron chi connectivity index (χ2n) is 11.1. The monoisotopic (exact) mass is 747 g/mol. The van der Waals surface area contributed by atoms with Crippen molar-refractivity contribution in [2.24, 2.45) is 0 Å². The maximum atomic E-state index is 13.8. The molecule has 0 aliphatic carbocycles. The number of aryl methyl sites for hydroxylation is 1. The van der Waals surface area contributed by atoms with Crippen molar-refractivity contribution in [1.29, 1.82) is 0 Å². The molecule has 1 aliphatic heterocycles. The molecule has 1 aromatic heterocycles. The van der Waals surface area contributed by atoms with Gasteiger partial charge in [-0.2, -0.15) is 0 Å². The molecule has 9 nitrogen and oxygen atoms in total. The molecule has 1 amide bonds. The number of halogens is 2. The SMILES string of the molecule is CCOc1ccc(C2C(=C(O)c3ccc(OCc4ccccc4C)cc3)C(=O)C(=O)N2c2nnc(SCc3ccc(Cl)cc3Cl)s2)cc1OC. The Morgan fingerprint density at radius 3 is 2.44 bits per heavy atom. The molecule has 0 spiro atoms. The predicted octanol–water partition coefficient (Wildman–Crippen LogP) is 9.06. The molecule has 1 aliphatic rings. The van der Waals surface area contributed by atoms with Crippen molar-refractivity contribution < 1.29 is 28.9 Å². The minimum atomic E-state index is -1.05. The Morgan fingerprint density at radius 1 is 0.940 bits per heavy atom. The average molecular weight is 749 g/mol. The van der Waals surface area contributed by atoms with Crippen LogP contribution in [-0.4, -0.2) is 40.7 Å². The molecule has 256 valence electrons. The lowest BCUT2D eigenvalue weighted by atomic mass is 9.95. The van der Waals surface area contributed by atoms with E-state index in [1.165, 1.54) is 23.8 Å². The standard InChI is InChI=1S/C37H31Cl2N3O6S2/c1-4-47-29-16-12-23(17-30(29)46-3)32-31(33(43)22-10-14-27(15-11-22)48-19-24-8-6-5-7-21(24)2)34(44)35(45)42(32)36-40-41-37(50-36)49-20-25-9-13-26(38)18-28(25)39/h5-18,32,43H,4,19-20H2,1-3H3. The molecule has 50 heavy (non-hydrogen) atoms. The highest BCUT2D eigenvalue weighted by Gasteiger charge is 2.48. The van der Waals surface area contributed by atoms with Gasteiger partial charge in [0.15, 0.2) is 15.8 Å². The van der Waals surface area contributed by atoms with E-state index < -0.39 is 17.7 Å². The summed E-state index contributed by atoms with van der Waals surface area (Å²) >= 11 is 14.9. The van der Waals surface area contributed by atoms with Crippen molar-refractivity contribution in [1.82, 2.24) is 10.2 Å². The summed E-state index contributed by atoms with van der Waals surface area (Å²) in [6.07, 6.45) is 0. The van der Waals surface area contributed by atoms with Gasteiger partial charge in [-0.3, -0.25) is 14.5 Å². The summed E-state index contributed by atoms with van der Waals surface area (Å²) in [7, 11) is 1.50. The minimum absolute atomic E-state index is 0.104. The second kappa shape index (κ2) is 15.6. The van der Waals surface area contributed by atoms with Crippen LogP contribution in [0.1, 0.15) is 40.8 Å². The molecule has 6 rings (SSSR count). The first-order valence-corrected chi connectivity index (χ1v) is 18.0. The molecule has 0 radical (unpaired) electrons.